The molecule has 1 aromatic carbocycles. The van der Waals surface area contributed by atoms with E-state index in [1.54, 1.807) is 10.9 Å². The molecule has 0 aliphatic heterocycles. The van der Waals surface area contributed by atoms with E-state index in [1.165, 1.54) is 18.4 Å². The summed E-state index contributed by atoms with van der Waals surface area (Å²) in [5.41, 5.74) is 2.12. The molecule has 3 rings (SSSR count). The topological polar surface area (TPSA) is 73.2 Å². The third-order valence-corrected chi connectivity index (χ3v) is 4.45. The van der Waals surface area contributed by atoms with Crippen molar-refractivity contribution in [2.24, 2.45) is 0 Å². The van der Waals surface area contributed by atoms with Crippen molar-refractivity contribution in [1.82, 2.24) is 15.1 Å². The molecule has 25 heavy (non-hydrogen) atoms. The van der Waals surface area contributed by atoms with Gasteiger partial charge in [-0.05, 0) is 17.0 Å². The summed E-state index contributed by atoms with van der Waals surface area (Å²) in [7, 11) is 1.28. The molecule has 0 atom stereocenters. The predicted molar refractivity (Wildman–Crippen MR) is 95.4 cm³/mol. The number of thiophene rings is 1. The van der Waals surface area contributed by atoms with Crippen molar-refractivity contribution in [2.45, 2.75) is 6.54 Å². The van der Waals surface area contributed by atoms with Crippen LogP contribution in [0.1, 0.15) is 15.9 Å². The van der Waals surface area contributed by atoms with Crippen molar-refractivity contribution in [3.8, 4) is 10.6 Å². The molecule has 0 bridgehead atoms. The highest BCUT2D eigenvalue weighted by Gasteiger charge is 2.19. The summed E-state index contributed by atoms with van der Waals surface area (Å²) < 4.78 is 6.28. The van der Waals surface area contributed by atoms with E-state index >= 15 is 0 Å². The van der Waals surface area contributed by atoms with Crippen LogP contribution in [0.3, 0.4) is 0 Å². The molecular formula is C18H17N3O3S. The zero-order chi connectivity index (χ0) is 17.6. The Morgan fingerprint density at radius 1 is 1.20 bits per heavy atom. The Morgan fingerprint density at radius 2 is 2.00 bits per heavy atom. The Hall–Kier alpha value is -2.93. The molecule has 2 aromatic heterocycles. The Kier molecular flexibility index (Phi) is 5.25. The van der Waals surface area contributed by atoms with E-state index in [-0.39, 0.29) is 12.5 Å². The van der Waals surface area contributed by atoms with Gasteiger partial charge in [-0.3, -0.25) is 14.3 Å². The molecule has 3 aromatic rings. The largest absolute Gasteiger partial charge is 0.468 e. The number of hydrogen-bond acceptors (Lipinski definition) is 5. The number of aromatic nitrogens is 2. The predicted octanol–water partition coefficient (Wildman–Crippen LogP) is 2.56. The maximum absolute atomic E-state index is 12.5. The fourth-order valence-corrected chi connectivity index (χ4v) is 3.08. The smallest absolute Gasteiger partial charge is 0.325 e. The number of ether oxygens (including phenoxy) is 1. The molecular weight excluding hydrogens is 338 g/mol. The van der Waals surface area contributed by atoms with Gasteiger partial charge < -0.3 is 10.1 Å². The summed E-state index contributed by atoms with van der Waals surface area (Å²) in [6.45, 7) is 0.382. The highest BCUT2D eigenvalue weighted by molar-refractivity contribution is 7.13. The van der Waals surface area contributed by atoms with E-state index in [0.717, 1.165) is 10.4 Å². The van der Waals surface area contributed by atoms with Gasteiger partial charge in [0.2, 0.25) is 0 Å². The first-order valence-corrected chi connectivity index (χ1v) is 8.55. The molecule has 0 radical (unpaired) electrons. The first kappa shape index (κ1) is 16.9. The number of esters is 1. The van der Waals surface area contributed by atoms with Crippen molar-refractivity contribution >= 4 is 23.2 Å². The van der Waals surface area contributed by atoms with E-state index in [0.29, 0.717) is 17.8 Å². The van der Waals surface area contributed by atoms with Gasteiger partial charge in [-0.25, -0.2) is 0 Å². The Labute approximate surface area is 149 Å². The van der Waals surface area contributed by atoms with Gasteiger partial charge in [0, 0.05) is 6.20 Å². The van der Waals surface area contributed by atoms with Crippen LogP contribution < -0.4 is 5.32 Å². The number of hydrogen-bond donors (Lipinski definition) is 1. The van der Waals surface area contributed by atoms with Crippen LogP contribution in [0.15, 0.2) is 54.0 Å². The van der Waals surface area contributed by atoms with Gasteiger partial charge in [-0.2, -0.15) is 5.10 Å². The van der Waals surface area contributed by atoms with Gasteiger partial charge in [0.05, 0.1) is 24.1 Å². The van der Waals surface area contributed by atoms with Gasteiger partial charge in [0.15, 0.2) is 0 Å². The normalized spacial score (nSPS) is 10.4. The number of carbonyl (C=O) groups excluding carboxylic acids is 2. The second-order valence-corrected chi connectivity index (χ2v) is 6.26. The van der Waals surface area contributed by atoms with Crippen LogP contribution in [0.4, 0.5) is 0 Å². The number of benzene rings is 1. The Bertz CT molecular complexity index is 857. The van der Waals surface area contributed by atoms with E-state index in [2.05, 4.69) is 15.2 Å². The van der Waals surface area contributed by atoms with Gasteiger partial charge in [-0.1, -0.05) is 36.4 Å². The average molecular weight is 355 g/mol. The minimum atomic E-state index is -0.497. The van der Waals surface area contributed by atoms with Crippen molar-refractivity contribution in [3.05, 3.63) is 65.2 Å². The van der Waals surface area contributed by atoms with Gasteiger partial charge in [0.1, 0.15) is 12.2 Å². The molecule has 2 heterocycles. The minimum Gasteiger partial charge on any atom is -0.468 e. The molecule has 0 aliphatic carbocycles. The van der Waals surface area contributed by atoms with Gasteiger partial charge >= 0.3 is 5.97 Å². The summed E-state index contributed by atoms with van der Waals surface area (Å²) in [5, 5.41) is 9.07. The molecule has 1 amide bonds. The number of amides is 1. The number of nitrogens with zero attached hydrogens (tertiary/aromatic N) is 2. The van der Waals surface area contributed by atoms with Crippen molar-refractivity contribution < 1.29 is 14.3 Å². The second kappa shape index (κ2) is 7.76. The highest BCUT2D eigenvalue weighted by Crippen LogP contribution is 2.27. The lowest BCUT2D eigenvalue weighted by Gasteiger charge is -2.03. The first-order valence-electron chi connectivity index (χ1n) is 7.67. The summed E-state index contributed by atoms with van der Waals surface area (Å²) in [6, 6.07) is 13.7. The number of nitrogens with one attached hydrogen (secondary N) is 1. The van der Waals surface area contributed by atoms with Crippen LogP contribution in [0.5, 0.6) is 0 Å². The third kappa shape index (κ3) is 4.13. The van der Waals surface area contributed by atoms with E-state index in [1.807, 2.05) is 47.8 Å². The highest BCUT2D eigenvalue weighted by atomic mass is 32.1. The summed E-state index contributed by atoms with van der Waals surface area (Å²) in [6.07, 6.45) is 1.70. The van der Waals surface area contributed by atoms with Crippen LogP contribution in [-0.2, 0) is 16.1 Å². The summed E-state index contributed by atoms with van der Waals surface area (Å²) in [5.74, 6) is -0.851. The van der Waals surface area contributed by atoms with Gasteiger partial charge in [-0.15, -0.1) is 11.3 Å². The quantitative estimate of drug-likeness (QED) is 0.690. The van der Waals surface area contributed by atoms with Crippen molar-refractivity contribution in [3.63, 3.8) is 0 Å². The lowest BCUT2D eigenvalue weighted by molar-refractivity contribution is -0.139. The lowest BCUT2D eigenvalue weighted by Crippen LogP contribution is -2.30. The van der Waals surface area contributed by atoms with Crippen molar-refractivity contribution in [2.75, 3.05) is 13.7 Å². The van der Waals surface area contributed by atoms with Gasteiger partial charge in [0.25, 0.3) is 5.91 Å². The summed E-state index contributed by atoms with van der Waals surface area (Å²) >= 11 is 1.51. The van der Waals surface area contributed by atoms with Crippen LogP contribution in [0.25, 0.3) is 10.6 Å². The van der Waals surface area contributed by atoms with E-state index in [4.69, 9.17) is 0 Å². The number of methoxy groups -OCH3 is 1. The molecule has 0 saturated carbocycles. The molecule has 0 fully saturated rings. The zero-order valence-corrected chi connectivity index (χ0v) is 14.5. The Balaban J connectivity index is 1.87. The molecule has 0 unspecified atom stereocenters. The van der Waals surface area contributed by atoms with E-state index in [9.17, 15) is 9.59 Å². The molecule has 7 heteroatoms. The lowest BCUT2D eigenvalue weighted by atomic mass is 10.2. The van der Waals surface area contributed by atoms with Crippen LogP contribution in [0.2, 0.25) is 0 Å². The maximum atomic E-state index is 12.5. The second-order valence-electron chi connectivity index (χ2n) is 5.31. The number of carbonyl (C=O) groups is 2. The molecule has 128 valence electrons. The third-order valence-electron chi connectivity index (χ3n) is 3.57. The zero-order valence-electron chi connectivity index (χ0n) is 13.6. The molecule has 0 aliphatic rings. The van der Waals surface area contributed by atoms with Crippen LogP contribution in [0, 0.1) is 0 Å². The monoisotopic (exact) mass is 355 g/mol. The van der Waals surface area contributed by atoms with E-state index < -0.39 is 5.97 Å². The van der Waals surface area contributed by atoms with Crippen LogP contribution >= 0.6 is 11.3 Å². The maximum Gasteiger partial charge on any atom is 0.325 e. The minimum absolute atomic E-state index is 0.178. The molecule has 0 spiro atoms. The van der Waals surface area contributed by atoms with Crippen LogP contribution in [-0.4, -0.2) is 35.3 Å². The molecule has 1 N–H and O–H groups in total. The number of rotatable bonds is 6. The Morgan fingerprint density at radius 3 is 2.68 bits per heavy atom. The SMILES string of the molecule is COC(=O)CNC(=O)c1cn(Cc2ccccc2)nc1-c1cccs1. The molecule has 0 saturated heterocycles. The average Bonchev–Trinajstić information content (AvgIpc) is 3.29. The first-order chi connectivity index (χ1) is 12.2. The fraction of sp³-hybridized carbons (Fsp3) is 0.167. The van der Waals surface area contributed by atoms with Crippen molar-refractivity contribution in [1.29, 1.82) is 0 Å². The standard InChI is InChI=1S/C18H17N3O3S/c1-24-16(22)10-19-18(23)14-12-21(11-13-6-3-2-4-7-13)20-17(14)15-8-5-9-25-15/h2-9,12H,10-11H2,1H3,(H,19,23). The summed E-state index contributed by atoms with van der Waals surface area (Å²) in [4.78, 5) is 24.6. The molecule has 6 nitrogen and oxygen atoms in total. The fourth-order valence-electron chi connectivity index (χ4n) is 2.35.